The van der Waals surface area contributed by atoms with Crippen LogP contribution < -0.4 is 0 Å². The molecular formula is C18H18FN3. The molecule has 0 aliphatic heterocycles. The minimum atomic E-state index is -0.406. The van der Waals surface area contributed by atoms with Gasteiger partial charge in [-0.1, -0.05) is 18.2 Å². The summed E-state index contributed by atoms with van der Waals surface area (Å²) in [5.41, 5.74) is 6.18. The molecule has 2 heterocycles. The van der Waals surface area contributed by atoms with Gasteiger partial charge in [0.1, 0.15) is 6.67 Å². The van der Waals surface area contributed by atoms with Crippen LogP contribution in [-0.4, -0.2) is 21.4 Å². The van der Waals surface area contributed by atoms with E-state index in [9.17, 15) is 4.39 Å². The number of halogens is 1. The number of aromatic nitrogens is 3. The number of nitrogens with zero attached hydrogens (tertiary/aromatic N) is 3. The van der Waals surface area contributed by atoms with Gasteiger partial charge in [0.15, 0.2) is 0 Å². The highest BCUT2D eigenvalue weighted by Gasteiger charge is 2.06. The molecule has 0 fully saturated rings. The van der Waals surface area contributed by atoms with Crippen LogP contribution in [0.2, 0.25) is 0 Å². The molecule has 3 nitrogen and oxygen atoms in total. The van der Waals surface area contributed by atoms with E-state index >= 15 is 0 Å². The Hall–Kier alpha value is -2.49. The third kappa shape index (κ3) is 3.06. The van der Waals surface area contributed by atoms with Gasteiger partial charge in [0.05, 0.1) is 12.2 Å². The summed E-state index contributed by atoms with van der Waals surface area (Å²) in [6, 6.07) is 14.3. The van der Waals surface area contributed by atoms with E-state index in [1.165, 1.54) is 0 Å². The third-order valence-corrected chi connectivity index (χ3v) is 3.53. The number of rotatable bonds is 4. The molecular weight excluding hydrogens is 277 g/mol. The molecule has 0 atom stereocenters. The zero-order valence-electron chi connectivity index (χ0n) is 12.8. The van der Waals surface area contributed by atoms with Crippen molar-refractivity contribution in [2.24, 2.45) is 0 Å². The van der Waals surface area contributed by atoms with Crippen molar-refractivity contribution >= 4 is 0 Å². The second-order valence-corrected chi connectivity index (χ2v) is 5.37. The van der Waals surface area contributed by atoms with E-state index in [2.05, 4.69) is 34.3 Å². The van der Waals surface area contributed by atoms with Crippen molar-refractivity contribution in [1.82, 2.24) is 14.8 Å². The molecule has 2 aromatic heterocycles. The highest BCUT2D eigenvalue weighted by atomic mass is 19.1. The van der Waals surface area contributed by atoms with Gasteiger partial charge in [-0.25, -0.2) is 4.39 Å². The molecule has 0 unspecified atom stereocenters. The maximum absolute atomic E-state index is 12.4. The van der Waals surface area contributed by atoms with Crippen LogP contribution in [0.3, 0.4) is 0 Å². The minimum Gasteiger partial charge on any atom is -0.269 e. The normalized spacial score (nSPS) is 10.9. The van der Waals surface area contributed by atoms with Crippen molar-refractivity contribution in [3.8, 4) is 22.4 Å². The summed E-state index contributed by atoms with van der Waals surface area (Å²) in [6.07, 6.45) is 1.81. The number of hydrogen-bond donors (Lipinski definition) is 0. The molecule has 1 aromatic carbocycles. The Morgan fingerprint density at radius 1 is 0.955 bits per heavy atom. The van der Waals surface area contributed by atoms with Crippen molar-refractivity contribution in [3.63, 3.8) is 0 Å². The zero-order valence-corrected chi connectivity index (χ0v) is 12.8. The third-order valence-electron chi connectivity index (χ3n) is 3.53. The molecule has 112 valence electrons. The number of hydrogen-bond acceptors (Lipinski definition) is 2. The van der Waals surface area contributed by atoms with Gasteiger partial charge >= 0.3 is 0 Å². The maximum Gasteiger partial charge on any atom is 0.109 e. The van der Waals surface area contributed by atoms with E-state index < -0.39 is 6.67 Å². The van der Waals surface area contributed by atoms with E-state index in [0.717, 1.165) is 33.8 Å². The lowest BCUT2D eigenvalue weighted by atomic mass is 10.0. The zero-order chi connectivity index (χ0) is 15.5. The molecule has 22 heavy (non-hydrogen) atoms. The molecule has 0 saturated heterocycles. The van der Waals surface area contributed by atoms with Crippen LogP contribution in [0.1, 0.15) is 11.4 Å². The van der Waals surface area contributed by atoms with Gasteiger partial charge < -0.3 is 0 Å². The molecule has 0 spiro atoms. The van der Waals surface area contributed by atoms with E-state index in [1.54, 1.807) is 4.68 Å². The van der Waals surface area contributed by atoms with Gasteiger partial charge in [-0.3, -0.25) is 9.67 Å². The van der Waals surface area contributed by atoms with Crippen molar-refractivity contribution in [2.45, 2.75) is 20.4 Å². The summed E-state index contributed by atoms with van der Waals surface area (Å²) in [6.45, 7) is 3.89. The van der Waals surface area contributed by atoms with E-state index in [4.69, 9.17) is 0 Å². The smallest absolute Gasteiger partial charge is 0.109 e. The van der Waals surface area contributed by atoms with Crippen LogP contribution in [0.5, 0.6) is 0 Å². The fourth-order valence-electron chi connectivity index (χ4n) is 2.59. The fourth-order valence-corrected chi connectivity index (χ4v) is 2.59. The first-order chi connectivity index (χ1) is 10.7. The van der Waals surface area contributed by atoms with Crippen molar-refractivity contribution in [2.75, 3.05) is 6.67 Å². The fraction of sp³-hybridized carbons (Fsp3) is 0.222. The van der Waals surface area contributed by atoms with E-state index in [0.29, 0.717) is 6.54 Å². The Balaban J connectivity index is 1.98. The van der Waals surface area contributed by atoms with Gasteiger partial charge in [-0.05, 0) is 49.2 Å². The molecule has 0 N–H and O–H groups in total. The van der Waals surface area contributed by atoms with Crippen LogP contribution in [0.15, 0.2) is 48.7 Å². The number of aryl methyl sites for hydroxylation is 3. The molecule has 3 rings (SSSR count). The second kappa shape index (κ2) is 6.10. The van der Waals surface area contributed by atoms with E-state index in [-0.39, 0.29) is 0 Å². The SMILES string of the molecule is Cc1cc(-c2cccc(-c3ccn(CCF)n3)c2)cc(C)n1. The Morgan fingerprint density at radius 3 is 2.41 bits per heavy atom. The quantitative estimate of drug-likeness (QED) is 0.722. The van der Waals surface area contributed by atoms with Crippen LogP contribution in [0.25, 0.3) is 22.4 Å². The number of alkyl halides is 1. The summed E-state index contributed by atoms with van der Waals surface area (Å²) in [7, 11) is 0. The Bertz CT molecular complexity index is 772. The molecule has 0 saturated carbocycles. The monoisotopic (exact) mass is 295 g/mol. The predicted molar refractivity (Wildman–Crippen MR) is 86.3 cm³/mol. The first-order valence-corrected chi connectivity index (χ1v) is 7.31. The van der Waals surface area contributed by atoms with Crippen molar-refractivity contribution in [3.05, 3.63) is 60.0 Å². The molecule has 0 amide bonds. The van der Waals surface area contributed by atoms with Crippen LogP contribution in [0, 0.1) is 13.8 Å². The van der Waals surface area contributed by atoms with Crippen LogP contribution in [0.4, 0.5) is 4.39 Å². The first kappa shape index (κ1) is 14.4. The minimum absolute atomic E-state index is 0.294. The molecule has 0 bridgehead atoms. The Morgan fingerprint density at radius 2 is 1.68 bits per heavy atom. The molecule has 4 heteroatoms. The average Bonchev–Trinajstić information content (AvgIpc) is 2.95. The molecule has 0 aliphatic rings. The summed E-state index contributed by atoms with van der Waals surface area (Å²) in [5.74, 6) is 0. The van der Waals surface area contributed by atoms with Gasteiger partial charge in [0.25, 0.3) is 0 Å². The summed E-state index contributed by atoms with van der Waals surface area (Å²) in [5, 5.41) is 4.40. The number of pyridine rings is 1. The molecule has 3 aromatic rings. The predicted octanol–water partition coefficient (Wildman–Crippen LogP) is 4.20. The average molecular weight is 295 g/mol. The first-order valence-electron chi connectivity index (χ1n) is 7.31. The van der Waals surface area contributed by atoms with Gasteiger partial charge in [0.2, 0.25) is 0 Å². The highest BCUT2D eigenvalue weighted by Crippen LogP contribution is 2.26. The van der Waals surface area contributed by atoms with Crippen LogP contribution in [-0.2, 0) is 6.54 Å². The van der Waals surface area contributed by atoms with Gasteiger partial charge in [-0.15, -0.1) is 0 Å². The highest BCUT2D eigenvalue weighted by molar-refractivity contribution is 5.71. The summed E-state index contributed by atoms with van der Waals surface area (Å²) in [4.78, 5) is 4.41. The van der Waals surface area contributed by atoms with Gasteiger partial charge in [0, 0.05) is 23.1 Å². The van der Waals surface area contributed by atoms with Crippen molar-refractivity contribution < 1.29 is 4.39 Å². The Kier molecular flexibility index (Phi) is 4.00. The molecule has 0 aliphatic carbocycles. The molecule has 0 radical (unpaired) electrons. The lowest BCUT2D eigenvalue weighted by Crippen LogP contribution is -1.99. The summed E-state index contributed by atoms with van der Waals surface area (Å²) >= 11 is 0. The largest absolute Gasteiger partial charge is 0.269 e. The summed E-state index contributed by atoms with van der Waals surface area (Å²) < 4.78 is 14.0. The Labute approximate surface area is 129 Å². The topological polar surface area (TPSA) is 30.7 Å². The van der Waals surface area contributed by atoms with Gasteiger partial charge in [-0.2, -0.15) is 5.10 Å². The van der Waals surface area contributed by atoms with E-state index in [1.807, 2.05) is 38.2 Å². The van der Waals surface area contributed by atoms with Crippen molar-refractivity contribution in [1.29, 1.82) is 0 Å². The standard InChI is InChI=1S/C18H18FN3/c1-13-10-17(11-14(2)20-13)15-4-3-5-16(12-15)18-6-8-22(21-18)9-7-19/h3-6,8,10-12H,7,9H2,1-2H3. The lowest BCUT2D eigenvalue weighted by Gasteiger charge is -2.06. The second-order valence-electron chi connectivity index (χ2n) is 5.37. The van der Waals surface area contributed by atoms with Crippen LogP contribution >= 0.6 is 0 Å². The lowest BCUT2D eigenvalue weighted by molar-refractivity contribution is 0.427. The maximum atomic E-state index is 12.4. The number of benzene rings is 1.